The van der Waals surface area contributed by atoms with Crippen LogP contribution in [0.15, 0.2) is 24.3 Å². The van der Waals surface area contributed by atoms with Crippen LogP contribution >= 0.6 is 0 Å². The lowest BCUT2D eigenvalue weighted by Gasteiger charge is -2.52. The van der Waals surface area contributed by atoms with Crippen LogP contribution in [0.5, 0.6) is 5.75 Å². The first-order chi connectivity index (χ1) is 12.1. The van der Waals surface area contributed by atoms with Crippen LogP contribution in [0.4, 0.5) is 0 Å². The molecule has 1 saturated heterocycles. The van der Waals surface area contributed by atoms with Crippen molar-refractivity contribution in [3.05, 3.63) is 35.7 Å². The Morgan fingerprint density at radius 3 is 2.96 bits per heavy atom. The summed E-state index contributed by atoms with van der Waals surface area (Å²) in [6.07, 6.45) is 3.19. The van der Waals surface area contributed by atoms with E-state index in [1.54, 1.807) is 7.11 Å². The van der Waals surface area contributed by atoms with E-state index in [2.05, 4.69) is 9.97 Å². The summed E-state index contributed by atoms with van der Waals surface area (Å²) in [5.74, 6) is 1.46. The molecule has 0 atom stereocenters. The lowest BCUT2D eigenvalue weighted by atomic mass is 9.75. The Morgan fingerprint density at radius 2 is 2.24 bits per heavy atom. The van der Waals surface area contributed by atoms with Gasteiger partial charge < -0.3 is 19.4 Å². The lowest BCUT2D eigenvalue weighted by Crippen LogP contribution is -2.62. The molecule has 4 rings (SSSR count). The summed E-state index contributed by atoms with van der Waals surface area (Å²) in [5, 5.41) is 0. The van der Waals surface area contributed by atoms with Crippen molar-refractivity contribution in [2.45, 2.75) is 31.7 Å². The Hall–Kier alpha value is -2.34. The molecule has 1 amide bonds. The summed E-state index contributed by atoms with van der Waals surface area (Å²) in [6.45, 7) is 3.78. The molecule has 1 N–H and O–H groups in total. The molecule has 6 heteroatoms. The van der Waals surface area contributed by atoms with E-state index in [0.29, 0.717) is 31.3 Å². The number of amides is 1. The molecule has 1 aromatic heterocycles. The third kappa shape index (κ3) is 2.70. The smallest absolute Gasteiger partial charge is 0.274 e. The van der Waals surface area contributed by atoms with Gasteiger partial charge in [0.25, 0.3) is 5.91 Å². The van der Waals surface area contributed by atoms with E-state index >= 15 is 0 Å². The van der Waals surface area contributed by atoms with Crippen molar-refractivity contribution < 1.29 is 14.3 Å². The summed E-state index contributed by atoms with van der Waals surface area (Å²) in [4.78, 5) is 23.0. The van der Waals surface area contributed by atoms with Crippen molar-refractivity contribution in [2.75, 3.05) is 26.9 Å². The summed E-state index contributed by atoms with van der Waals surface area (Å²) in [6, 6.07) is 7.67. The van der Waals surface area contributed by atoms with Gasteiger partial charge in [-0.2, -0.15) is 0 Å². The number of nitrogens with one attached hydrogen (secondary N) is 1. The first kappa shape index (κ1) is 16.1. The largest absolute Gasteiger partial charge is 0.497 e. The number of methoxy groups -OCH3 is 1. The van der Waals surface area contributed by atoms with Crippen LogP contribution in [-0.2, 0) is 4.74 Å². The number of aromatic nitrogens is 2. The third-order valence-electron chi connectivity index (χ3n) is 5.36. The number of H-pyrrole nitrogens is 1. The zero-order valence-electron chi connectivity index (χ0n) is 14.7. The van der Waals surface area contributed by atoms with Crippen LogP contribution in [0.2, 0.25) is 0 Å². The second-order valence-electron chi connectivity index (χ2n) is 6.88. The van der Waals surface area contributed by atoms with Gasteiger partial charge in [0.2, 0.25) is 0 Å². The number of carbonyl (C=O) groups is 1. The van der Waals surface area contributed by atoms with E-state index in [0.717, 1.165) is 36.3 Å². The van der Waals surface area contributed by atoms with Gasteiger partial charge in [-0.3, -0.25) is 4.79 Å². The van der Waals surface area contributed by atoms with Crippen molar-refractivity contribution in [1.29, 1.82) is 0 Å². The average molecular weight is 341 g/mol. The van der Waals surface area contributed by atoms with Gasteiger partial charge in [0.15, 0.2) is 0 Å². The Morgan fingerprint density at radius 1 is 1.40 bits per heavy atom. The highest BCUT2D eigenvalue weighted by atomic mass is 16.5. The van der Waals surface area contributed by atoms with Gasteiger partial charge >= 0.3 is 0 Å². The summed E-state index contributed by atoms with van der Waals surface area (Å²) in [5.41, 5.74) is 2.09. The van der Waals surface area contributed by atoms with Crippen molar-refractivity contribution >= 4 is 5.91 Å². The highest BCUT2D eigenvalue weighted by molar-refractivity contribution is 5.94. The molecule has 6 nitrogen and oxygen atoms in total. The van der Waals surface area contributed by atoms with Gasteiger partial charge in [-0.1, -0.05) is 12.1 Å². The van der Waals surface area contributed by atoms with Gasteiger partial charge in [0.05, 0.1) is 25.9 Å². The number of aromatic amines is 1. The van der Waals surface area contributed by atoms with E-state index in [4.69, 9.17) is 9.47 Å². The Kier molecular flexibility index (Phi) is 4.00. The van der Waals surface area contributed by atoms with Crippen molar-refractivity contribution in [1.82, 2.24) is 14.9 Å². The Balaban J connectivity index is 1.64. The first-order valence-corrected chi connectivity index (χ1v) is 8.74. The molecule has 1 aliphatic carbocycles. The van der Waals surface area contributed by atoms with Gasteiger partial charge in [-0.05, 0) is 38.3 Å². The van der Waals surface area contributed by atoms with Crippen LogP contribution in [0, 0.1) is 6.92 Å². The minimum absolute atomic E-state index is 0.00546. The molecule has 1 aliphatic heterocycles. The number of nitrogens with zero attached hydrogens (tertiary/aromatic N) is 2. The second-order valence-corrected chi connectivity index (χ2v) is 6.88. The number of morpholine rings is 1. The standard InChI is InChI=1S/C19H23N3O3/c1-13-16(18(23)22-9-10-25-12-19(22)7-4-8-19)21-17(20-13)14-5-3-6-15(11-14)24-2/h3,5-6,11H,4,7-10,12H2,1-2H3,(H,20,21). The number of hydrogen-bond acceptors (Lipinski definition) is 4. The van der Waals surface area contributed by atoms with Crippen LogP contribution in [-0.4, -0.2) is 53.2 Å². The van der Waals surface area contributed by atoms with Crippen LogP contribution in [0.25, 0.3) is 11.4 Å². The minimum Gasteiger partial charge on any atom is -0.497 e. The molecule has 1 aromatic carbocycles. The fourth-order valence-corrected chi connectivity index (χ4v) is 3.75. The molecule has 25 heavy (non-hydrogen) atoms. The fraction of sp³-hybridized carbons (Fsp3) is 0.474. The normalized spacial score (nSPS) is 18.9. The average Bonchev–Trinajstić information content (AvgIpc) is 3.01. The highest BCUT2D eigenvalue weighted by Gasteiger charge is 2.47. The quantitative estimate of drug-likeness (QED) is 0.932. The molecule has 2 aromatic rings. The maximum Gasteiger partial charge on any atom is 0.274 e. The van der Waals surface area contributed by atoms with E-state index in [9.17, 15) is 4.79 Å². The number of aryl methyl sites for hydroxylation is 1. The zero-order valence-corrected chi connectivity index (χ0v) is 14.7. The molecule has 2 heterocycles. The first-order valence-electron chi connectivity index (χ1n) is 8.74. The van der Waals surface area contributed by atoms with Crippen LogP contribution < -0.4 is 4.74 Å². The number of benzene rings is 1. The van der Waals surface area contributed by atoms with Crippen molar-refractivity contribution in [3.63, 3.8) is 0 Å². The molecule has 1 spiro atoms. The Bertz CT molecular complexity index is 795. The molecular weight excluding hydrogens is 318 g/mol. The van der Waals surface area contributed by atoms with Crippen molar-refractivity contribution in [2.24, 2.45) is 0 Å². The van der Waals surface area contributed by atoms with E-state index in [-0.39, 0.29) is 11.4 Å². The molecule has 1 saturated carbocycles. The molecule has 132 valence electrons. The Labute approximate surface area is 147 Å². The molecule has 2 aliphatic rings. The van der Waals surface area contributed by atoms with Crippen LogP contribution in [0.1, 0.15) is 35.4 Å². The number of carbonyl (C=O) groups excluding carboxylic acids is 1. The third-order valence-corrected chi connectivity index (χ3v) is 5.36. The second kappa shape index (κ2) is 6.19. The topological polar surface area (TPSA) is 67.4 Å². The van der Waals surface area contributed by atoms with Gasteiger partial charge in [-0.25, -0.2) is 4.98 Å². The maximum atomic E-state index is 13.2. The van der Waals surface area contributed by atoms with E-state index in [1.807, 2.05) is 36.1 Å². The van der Waals surface area contributed by atoms with Gasteiger partial charge in [-0.15, -0.1) is 0 Å². The maximum absolute atomic E-state index is 13.2. The zero-order chi connectivity index (χ0) is 17.4. The van der Waals surface area contributed by atoms with E-state index < -0.39 is 0 Å². The number of imidazole rings is 1. The number of rotatable bonds is 3. The molecule has 0 bridgehead atoms. The summed E-state index contributed by atoms with van der Waals surface area (Å²) >= 11 is 0. The SMILES string of the molecule is COc1cccc(-c2nc(C(=O)N3CCOCC34CCC4)c(C)[nH]2)c1. The summed E-state index contributed by atoms with van der Waals surface area (Å²) in [7, 11) is 1.64. The highest BCUT2D eigenvalue weighted by Crippen LogP contribution is 2.40. The minimum atomic E-state index is -0.114. The van der Waals surface area contributed by atoms with E-state index in [1.165, 1.54) is 0 Å². The molecule has 0 unspecified atom stereocenters. The fourth-order valence-electron chi connectivity index (χ4n) is 3.75. The van der Waals surface area contributed by atoms with Crippen molar-refractivity contribution in [3.8, 4) is 17.1 Å². The van der Waals surface area contributed by atoms with Gasteiger partial charge in [0.1, 0.15) is 17.3 Å². The molecular formula is C19H23N3O3. The monoisotopic (exact) mass is 341 g/mol. The number of ether oxygens (including phenoxy) is 2. The predicted octanol–water partition coefficient (Wildman–Crippen LogP) is 2.79. The van der Waals surface area contributed by atoms with Gasteiger partial charge in [0, 0.05) is 17.8 Å². The predicted molar refractivity (Wildman–Crippen MR) is 93.8 cm³/mol. The number of hydrogen-bond donors (Lipinski definition) is 1. The molecule has 0 radical (unpaired) electrons. The summed E-state index contributed by atoms with van der Waals surface area (Å²) < 4.78 is 10.9. The van der Waals surface area contributed by atoms with Crippen LogP contribution in [0.3, 0.4) is 0 Å². The lowest BCUT2D eigenvalue weighted by molar-refractivity contribution is -0.0879. The molecule has 2 fully saturated rings.